The molecule has 0 unspecified atom stereocenters. The Labute approximate surface area is 108 Å². The number of carbonyl (C=O) groups excluding carboxylic acids is 1. The molecule has 100 valence electrons. The first-order chi connectivity index (χ1) is 8.69. The second-order valence-corrected chi connectivity index (χ2v) is 3.98. The zero-order chi connectivity index (χ0) is 13.4. The maximum atomic E-state index is 11.7. The molecule has 1 atom stereocenters. The van der Waals surface area contributed by atoms with E-state index in [1.54, 1.807) is 7.11 Å². The van der Waals surface area contributed by atoms with Crippen molar-refractivity contribution in [2.45, 2.75) is 26.3 Å². The third-order valence-corrected chi connectivity index (χ3v) is 2.66. The molecule has 0 fully saturated rings. The van der Waals surface area contributed by atoms with Crippen LogP contribution in [0.3, 0.4) is 0 Å². The number of amides is 1. The molecule has 1 aromatic carbocycles. The standard InChI is InChI=1S/C14H21NO3/c1-4-18-10-9-14(16)15-11(2)12-7-5-6-8-13(12)17-3/h5-8,11H,4,9-10H2,1-3H3,(H,15,16)/t11-/m0/s1. The summed E-state index contributed by atoms with van der Waals surface area (Å²) in [5.41, 5.74) is 0.977. The summed E-state index contributed by atoms with van der Waals surface area (Å²) in [6.07, 6.45) is 0.382. The monoisotopic (exact) mass is 251 g/mol. The molecule has 1 N–H and O–H groups in total. The first-order valence-corrected chi connectivity index (χ1v) is 6.19. The van der Waals surface area contributed by atoms with Gasteiger partial charge in [0.05, 0.1) is 19.8 Å². The van der Waals surface area contributed by atoms with Crippen molar-refractivity contribution in [3.05, 3.63) is 29.8 Å². The van der Waals surface area contributed by atoms with E-state index in [0.29, 0.717) is 19.6 Å². The second kappa shape index (κ2) is 7.71. The lowest BCUT2D eigenvalue weighted by Crippen LogP contribution is -2.27. The average Bonchev–Trinajstić information content (AvgIpc) is 2.39. The van der Waals surface area contributed by atoms with E-state index < -0.39 is 0 Å². The summed E-state index contributed by atoms with van der Waals surface area (Å²) in [7, 11) is 1.63. The summed E-state index contributed by atoms with van der Waals surface area (Å²) in [5.74, 6) is 0.775. The van der Waals surface area contributed by atoms with Crippen molar-refractivity contribution in [1.82, 2.24) is 5.32 Å². The zero-order valence-electron chi connectivity index (χ0n) is 11.2. The molecular formula is C14H21NO3. The Kier molecular flexibility index (Phi) is 6.22. The molecule has 0 aliphatic heterocycles. The minimum Gasteiger partial charge on any atom is -0.496 e. The fourth-order valence-corrected chi connectivity index (χ4v) is 1.72. The number of hydrogen-bond acceptors (Lipinski definition) is 3. The van der Waals surface area contributed by atoms with Crippen LogP contribution >= 0.6 is 0 Å². The highest BCUT2D eigenvalue weighted by atomic mass is 16.5. The predicted molar refractivity (Wildman–Crippen MR) is 70.7 cm³/mol. The van der Waals surface area contributed by atoms with Gasteiger partial charge in [0.25, 0.3) is 0 Å². The summed E-state index contributed by atoms with van der Waals surface area (Å²) in [6.45, 7) is 4.95. The Morgan fingerprint density at radius 3 is 2.78 bits per heavy atom. The lowest BCUT2D eigenvalue weighted by Gasteiger charge is -2.17. The van der Waals surface area contributed by atoms with Crippen LogP contribution in [0.2, 0.25) is 0 Å². The van der Waals surface area contributed by atoms with Crippen molar-refractivity contribution in [2.24, 2.45) is 0 Å². The van der Waals surface area contributed by atoms with Crippen molar-refractivity contribution in [1.29, 1.82) is 0 Å². The van der Waals surface area contributed by atoms with Gasteiger partial charge in [-0.05, 0) is 19.9 Å². The number of benzene rings is 1. The van der Waals surface area contributed by atoms with Gasteiger partial charge in [-0.15, -0.1) is 0 Å². The summed E-state index contributed by atoms with van der Waals surface area (Å²) < 4.78 is 10.4. The van der Waals surface area contributed by atoms with Gasteiger partial charge in [0.2, 0.25) is 5.91 Å². The highest BCUT2D eigenvalue weighted by Crippen LogP contribution is 2.24. The quantitative estimate of drug-likeness (QED) is 0.756. The van der Waals surface area contributed by atoms with Gasteiger partial charge in [-0.2, -0.15) is 0 Å². The topological polar surface area (TPSA) is 47.6 Å². The van der Waals surface area contributed by atoms with Gasteiger partial charge in [0.1, 0.15) is 5.75 Å². The lowest BCUT2D eigenvalue weighted by atomic mass is 10.1. The second-order valence-electron chi connectivity index (χ2n) is 3.98. The van der Waals surface area contributed by atoms with E-state index in [1.165, 1.54) is 0 Å². The predicted octanol–water partition coefficient (Wildman–Crippen LogP) is 2.30. The van der Waals surface area contributed by atoms with Gasteiger partial charge in [-0.3, -0.25) is 4.79 Å². The minimum absolute atomic E-state index is 0.0122. The number of nitrogens with one attached hydrogen (secondary N) is 1. The van der Waals surface area contributed by atoms with E-state index >= 15 is 0 Å². The number of methoxy groups -OCH3 is 1. The van der Waals surface area contributed by atoms with Crippen LogP contribution in [0.25, 0.3) is 0 Å². The van der Waals surface area contributed by atoms with Crippen LogP contribution in [-0.2, 0) is 9.53 Å². The number of hydrogen-bond donors (Lipinski definition) is 1. The van der Waals surface area contributed by atoms with Crippen LogP contribution in [0.5, 0.6) is 5.75 Å². The molecule has 4 nitrogen and oxygen atoms in total. The third kappa shape index (κ3) is 4.37. The molecule has 1 amide bonds. The normalized spacial score (nSPS) is 11.9. The molecule has 0 aromatic heterocycles. The molecule has 0 saturated carbocycles. The molecule has 4 heteroatoms. The molecule has 0 radical (unpaired) electrons. The van der Waals surface area contributed by atoms with Crippen molar-refractivity contribution < 1.29 is 14.3 Å². The Morgan fingerprint density at radius 2 is 2.11 bits per heavy atom. The van der Waals surface area contributed by atoms with Crippen LogP contribution in [0.4, 0.5) is 0 Å². The Bertz CT molecular complexity index is 379. The van der Waals surface area contributed by atoms with Gasteiger partial charge in [0.15, 0.2) is 0 Å². The van der Waals surface area contributed by atoms with Crippen LogP contribution < -0.4 is 10.1 Å². The molecule has 1 aromatic rings. The van der Waals surface area contributed by atoms with Gasteiger partial charge in [-0.1, -0.05) is 18.2 Å². The summed E-state index contributed by atoms with van der Waals surface area (Å²) in [4.78, 5) is 11.7. The van der Waals surface area contributed by atoms with E-state index in [0.717, 1.165) is 11.3 Å². The first-order valence-electron chi connectivity index (χ1n) is 6.19. The molecule has 0 aliphatic rings. The lowest BCUT2D eigenvalue weighted by molar-refractivity contribution is -0.122. The Balaban J connectivity index is 2.53. The molecule has 0 saturated heterocycles. The van der Waals surface area contributed by atoms with Crippen LogP contribution in [0, 0.1) is 0 Å². The minimum atomic E-state index is -0.0738. The molecule has 18 heavy (non-hydrogen) atoms. The maximum absolute atomic E-state index is 11.7. The largest absolute Gasteiger partial charge is 0.496 e. The van der Waals surface area contributed by atoms with Gasteiger partial charge >= 0.3 is 0 Å². The van der Waals surface area contributed by atoms with Crippen LogP contribution in [0.1, 0.15) is 31.9 Å². The number of carbonyl (C=O) groups is 1. The summed E-state index contributed by atoms with van der Waals surface area (Å²) >= 11 is 0. The molecule has 0 bridgehead atoms. The smallest absolute Gasteiger partial charge is 0.222 e. The van der Waals surface area contributed by atoms with Crippen LogP contribution in [-0.4, -0.2) is 26.2 Å². The highest BCUT2D eigenvalue weighted by molar-refractivity contribution is 5.76. The molecule has 0 heterocycles. The van der Waals surface area contributed by atoms with Crippen molar-refractivity contribution in [3.8, 4) is 5.75 Å². The molecule has 1 rings (SSSR count). The van der Waals surface area contributed by atoms with Crippen molar-refractivity contribution >= 4 is 5.91 Å². The first kappa shape index (κ1) is 14.5. The third-order valence-electron chi connectivity index (χ3n) is 2.66. The van der Waals surface area contributed by atoms with E-state index in [-0.39, 0.29) is 11.9 Å². The van der Waals surface area contributed by atoms with Crippen LogP contribution in [0.15, 0.2) is 24.3 Å². The maximum Gasteiger partial charge on any atom is 0.222 e. The molecule has 0 spiro atoms. The fraction of sp³-hybridized carbons (Fsp3) is 0.500. The summed E-state index contributed by atoms with van der Waals surface area (Å²) in [5, 5.41) is 2.93. The molecule has 0 aliphatic carbocycles. The van der Waals surface area contributed by atoms with Gasteiger partial charge in [0, 0.05) is 18.6 Å². The SMILES string of the molecule is CCOCCC(=O)N[C@@H](C)c1ccccc1OC. The Morgan fingerprint density at radius 1 is 1.39 bits per heavy atom. The van der Waals surface area contributed by atoms with E-state index in [2.05, 4.69) is 5.32 Å². The van der Waals surface area contributed by atoms with Gasteiger partial charge < -0.3 is 14.8 Å². The van der Waals surface area contributed by atoms with E-state index in [9.17, 15) is 4.79 Å². The highest BCUT2D eigenvalue weighted by Gasteiger charge is 2.13. The number of ether oxygens (including phenoxy) is 2. The summed E-state index contributed by atoms with van der Waals surface area (Å²) in [6, 6.07) is 7.60. The van der Waals surface area contributed by atoms with Gasteiger partial charge in [-0.25, -0.2) is 0 Å². The van der Waals surface area contributed by atoms with E-state index in [1.807, 2.05) is 38.1 Å². The zero-order valence-corrected chi connectivity index (χ0v) is 11.2. The number of para-hydroxylation sites is 1. The van der Waals surface area contributed by atoms with E-state index in [4.69, 9.17) is 9.47 Å². The van der Waals surface area contributed by atoms with Crippen molar-refractivity contribution in [2.75, 3.05) is 20.3 Å². The van der Waals surface area contributed by atoms with Crippen molar-refractivity contribution in [3.63, 3.8) is 0 Å². The molecular weight excluding hydrogens is 230 g/mol. The Hall–Kier alpha value is -1.55. The fourth-order valence-electron chi connectivity index (χ4n) is 1.72. The average molecular weight is 251 g/mol. The number of rotatable bonds is 7.